The topological polar surface area (TPSA) is 43.1 Å². The summed E-state index contributed by atoms with van der Waals surface area (Å²) in [6, 6.07) is 9.37. The average molecular weight is 147 g/mol. The molecule has 0 aromatic heterocycles. The van der Waals surface area contributed by atoms with E-state index in [0.29, 0.717) is 12.0 Å². The minimum absolute atomic E-state index is 0.501. The van der Waals surface area contributed by atoms with Crippen molar-refractivity contribution in [1.82, 2.24) is 0 Å². The van der Waals surface area contributed by atoms with E-state index in [2.05, 4.69) is 0 Å². The number of aldehydes is 1. The number of hydrogen-bond donors (Lipinski definition) is 1. The van der Waals surface area contributed by atoms with Gasteiger partial charge < -0.3 is 5.73 Å². The second kappa shape index (κ2) is 3.56. The standard InChI is InChI=1S/C9H9NO/c10-9(6-7-11)8-4-2-1-3-5-8/h1-7H,10H2. The lowest BCUT2D eigenvalue weighted by Gasteiger charge is -1.97. The summed E-state index contributed by atoms with van der Waals surface area (Å²) in [5, 5.41) is 0. The molecule has 0 atom stereocenters. The van der Waals surface area contributed by atoms with Gasteiger partial charge in [0.25, 0.3) is 0 Å². The largest absolute Gasteiger partial charge is 0.398 e. The molecule has 0 heterocycles. The Bertz CT molecular complexity index is 264. The van der Waals surface area contributed by atoms with Gasteiger partial charge >= 0.3 is 0 Å². The van der Waals surface area contributed by atoms with Gasteiger partial charge in [0.1, 0.15) is 6.29 Å². The molecule has 0 radical (unpaired) electrons. The summed E-state index contributed by atoms with van der Waals surface area (Å²) in [4.78, 5) is 10.0. The molecule has 2 nitrogen and oxygen atoms in total. The molecule has 0 unspecified atom stereocenters. The van der Waals surface area contributed by atoms with Crippen molar-refractivity contribution in [2.45, 2.75) is 0 Å². The van der Waals surface area contributed by atoms with Crippen molar-refractivity contribution in [3.8, 4) is 0 Å². The molecule has 0 spiro atoms. The zero-order valence-corrected chi connectivity index (χ0v) is 6.03. The van der Waals surface area contributed by atoms with Gasteiger partial charge in [-0.15, -0.1) is 0 Å². The van der Waals surface area contributed by atoms with E-state index in [1.54, 1.807) is 0 Å². The Balaban J connectivity index is 2.94. The zero-order valence-electron chi connectivity index (χ0n) is 6.03. The van der Waals surface area contributed by atoms with Crippen molar-refractivity contribution in [2.75, 3.05) is 0 Å². The smallest absolute Gasteiger partial charge is 0.144 e. The van der Waals surface area contributed by atoms with Crippen LogP contribution in [0.2, 0.25) is 0 Å². The molecule has 11 heavy (non-hydrogen) atoms. The molecular weight excluding hydrogens is 138 g/mol. The fourth-order valence-electron chi connectivity index (χ4n) is 0.800. The highest BCUT2D eigenvalue weighted by molar-refractivity contribution is 5.79. The van der Waals surface area contributed by atoms with Crippen LogP contribution in [-0.2, 0) is 4.79 Å². The molecule has 1 aromatic rings. The summed E-state index contributed by atoms with van der Waals surface area (Å²) >= 11 is 0. The maximum atomic E-state index is 10.0. The molecular formula is C9H9NO. The minimum atomic E-state index is 0.501. The molecule has 2 N–H and O–H groups in total. The number of carbonyl (C=O) groups excluding carboxylic acids is 1. The Morgan fingerprint density at radius 1 is 1.27 bits per heavy atom. The molecule has 0 aliphatic rings. The summed E-state index contributed by atoms with van der Waals surface area (Å²) in [5.74, 6) is 0. The van der Waals surface area contributed by atoms with Crippen LogP contribution in [0.5, 0.6) is 0 Å². The first-order chi connectivity index (χ1) is 5.34. The summed E-state index contributed by atoms with van der Waals surface area (Å²) in [6.07, 6.45) is 2.03. The molecule has 1 rings (SSSR count). The van der Waals surface area contributed by atoms with Crippen molar-refractivity contribution in [3.05, 3.63) is 42.0 Å². The summed E-state index contributed by atoms with van der Waals surface area (Å²) < 4.78 is 0. The monoisotopic (exact) mass is 147 g/mol. The van der Waals surface area contributed by atoms with Gasteiger partial charge in [-0.25, -0.2) is 0 Å². The molecule has 0 saturated carbocycles. The van der Waals surface area contributed by atoms with Crippen LogP contribution in [0.15, 0.2) is 36.4 Å². The van der Waals surface area contributed by atoms with Crippen molar-refractivity contribution >= 4 is 12.0 Å². The van der Waals surface area contributed by atoms with Crippen LogP contribution in [-0.4, -0.2) is 6.29 Å². The highest BCUT2D eigenvalue weighted by Gasteiger charge is 1.91. The highest BCUT2D eigenvalue weighted by Crippen LogP contribution is 2.05. The van der Waals surface area contributed by atoms with E-state index in [1.807, 2.05) is 30.3 Å². The SMILES string of the molecule is NC(=CC=O)c1ccccc1. The van der Waals surface area contributed by atoms with E-state index in [-0.39, 0.29) is 0 Å². The first-order valence-electron chi connectivity index (χ1n) is 3.31. The van der Waals surface area contributed by atoms with Crippen molar-refractivity contribution in [1.29, 1.82) is 0 Å². The van der Waals surface area contributed by atoms with E-state index in [9.17, 15) is 4.79 Å². The summed E-state index contributed by atoms with van der Waals surface area (Å²) in [6.45, 7) is 0. The third-order valence-electron chi connectivity index (χ3n) is 1.35. The van der Waals surface area contributed by atoms with Gasteiger partial charge in [0.2, 0.25) is 0 Å². The van der Waals surface area contributed by atoms with Crippen molar-refractivity contribution in [3.63, 3.8) is 0 Å². The van der Waals surface area contributed by atoms with Crippen LogP contribution < -0.4 is 5.73 Å². The van der Waals surface area contributed by atoms with E-state index in [0.717, 1.165) is 5.56 Å². The quantitative estimate of drug-likeness (QED) is 0.504. The van der Waals surface area contributed by atoms with Gasteiger partial charge in [-0.3, -0.25) is 4.79 Å². The molecule has 0 saturated heterocycles. The second-order valence-electron chi connectivity index (χ2n) is 2.12. The minimum Gasteiger partial charge on any atom is -0.398 e. The van der Waals surface area contributed by atoms with Crippen LogP contribution in [0.3, 0.4) is 0 Å². The van der Waals surface area contributed by atoms with Gasteiger partial charge in [0.15, 0.2) is 0 Å². The third kappa shape index (κ3) is 1.93. The Labute approximate surface area is 65.3 Å². The lowest BCUT2D eigenvalue weighted by molar-refractivity contribution is -0.104. The fourth-order valence-corrected chi connectivity index (χ4v) is 0.800. The summed E-state index contributed by atoms with van der Waals surface area (Å²) in [7, 11) is 0. The molecule has 0 amide bonds. The molecule has 0 aliphatic carbocycles. The number of benzene rings is 1. The van der Waals surface area contributed by atoms with E-state index in [4.69, 9.17) is 5.73 Å². The Morgan fingerprint density at radius 3 is 2.45 bits per heavy atom. The molecule has 1 aromatic carbocycles. The van der Waals surface area contributed by atoms with Crippen LogP contribution in [0, 0.1) is 0 Å². The Kier molecular flexibility index (Phi) is 2.44. The number of hydrogen-bond acceptors (Lipinski definition) is 2. The Hall–Kier alpha value is -1.57. The predicted molar refractivity (Wildman–Crippen MR) is 44.7 cm³/mol. The predicted octanol–water partition coefficient (Wildman–Crippen LogP) is 1.19. The van der Waals surface area contributed by atoms with Gasteiger partial charge in [0, 0.05) is 11.8 Å². The highest BCUT2D eigenvalue weighted by atomic mass is 16.1. The second-order valence-corrected chi connectivity index (χ2v) is 2.12. The number of allylic oxidation sites excluding steroid dienone is 1. The first kappa shape index (κ1) is 7.54. The average Bonchev–Trinajstić information content (AvgIpc) is 2.07. The van der Waals surface area contributed by atoms with E-state index >= 15 is 0 Å². The first-order valence-corrected chi connectivity index (χ1v) is 3.31. The maximum absolute atomic E-state index is 10.0. The Morgan fingerprint density at radius 2 is 1.91 bits per heavy atom. The van der Waals surface area contributed by atoms with E-state index < -0.39 is 0 Å². The summed E-state index contributed by atoms with van der Waals surface area (Å²) in [5.41, 5.74) is 6.91. The van der Waals surface area contributed by atoms with E-state index in [1.165, 1.54) is 6.08 Å². The van der Waals surface area contributed by atoms with Crippen LogP contribution in [0.25, 0.3) is 5.70 Å². The lowest BCUT2D eigenvalue weighted by Crippen LogP contribution is -1.95. The molecule has 56 valence electrons. The number of carbonyl (C=O) groups is 1. The van der Waals surface area contributed by atoms with Crippen molar-refractivity contribution < 1.29 is 4.79 Å². The van der Waals surface area contributed by atoms with Gasteiger partial charge in [-0.05, 0) is 5.56 Å². The van der Waals surface area contributed by atoms with Crippen LogP contribution >= 0.6 is 0 Å². The number of rotatable bonds is 2. The molecule has 0 aliphatic heterocycles. The van der Waals surface area contributed by atoms with Crippen LogP contribution in [0.4, 0.5) is 0 Å². The maximum Gasteiger partial charge on any atom is 0.144 e. The molecule has 0 fully saturated rings. The zero-order chi connectivity index (χ0) is 8.10. The molecule has 2 heteroatoms. The molecule has 0 bridgehead atoms. The third-order valence-corrected chi connectivity index (χ3v) is 1.35. The number of nitrogens with two attached hydrogens (primary N) is 1. The van der Waals surface area contributed by atoms with Gasteiger partial charge in [0.05, 0.1) is 0 Å². The lowest BCUT2D eigenvalue weighted by atomic mass is 10.2. The van der Waals surface area contributed by atoms with Crippen LogP contribution in [0.1, 0.15) is 5.56 Å². The van der Waals surface area contributed by atoms with Gasteiger partial charge in [-0.1, -0.05) is 30.3 Å². The van der Waals surface area contributed by atoms with Gasteiger partial charge in [-0.2, -0.15) is 0 Å². The fraction of sp³-hybridized carbons (Fsp3) is 0. The normalized spacial score (nSPS) is 11.1. The van der Waals surface area contributed by atoms with Crippen molar-refractivity contribution in [2.24, 2.45) is 5.73 Å².